The van der Waals surface area contributed by atoms with Crippen LogP contribution >= 0.6 is 0 Å². The van der Waals surface area contributed by atoms with Crippen molar-refractivity contribution in [3.05, 3.63) is 23.8 Å². The lowest BCUT2D eigenvalue weighted by atomic mass is 9.98. The second-order valence-corrected chi connectivity index (χ2v) is 7.58. The van der Waals surface area contributed by atoms with Crippen LogP contribution in [0.1, 0.15) is 39.2 Å². The third kappa shape index (κ3) is 6.87. The minimum absolute atomic E-state index is 0.0534. The van der Waals surface area contributed by atoms with Crippen LogP contribution in [-0.2, 0) is 4.74 Å². The second kappa shape index (κ2) is 8.63. The number of amides is 1. The Morgan fingerprint density at radius 2 is 1.86 bits per heavy atom. The molecule has 1 aliphatic heterocycles. The van der Waals surface area contributed by atoms with Crippen molar-refractivity contribution in [2.75, 3.05) is 19.7 Å². The van der Waals surface area contributed by atoms with Gasteiger partial charge in [-0.15, -0.1) is 19.6 Å². The Kier molecular flexibility index (Phi) is 6.70. The van der Waals surface area contributed by atoms with Crippen molar-refractivity contribution in [1.29, 1.82) is 0 Å². The lowest BCUT2D eigenvalue weighted by molar-refractivity contribution is -0.275. The quantitative estimate of drug-likeness (QED) is 0.695. The monoisotopic (exact) mass is 399 g/mol. The van der Waals surface area contributed by atoms with Gasteiger partial charge in [0, 0.05) is 18.7 Å². The maximum absolute atomic E-state index is 12.6. The lowest BCUT2D eigenvalue weighted by Gasteiger charge is -2.33. The Morgan fingerprint density at radius 1 is 1.21 bits per heavy atom. The van der Waals surface area contributed by atoms with Crippen LogP contribution in [0.3, 0.4) is 0 Å². The van der Waals surface area contributed by atoms with Crippen molar-refractivity contribution in [2.24, 2.45) is 5.92 Å². The molecule has 1 heterocycles. The lowest BCUT2D eigenvalue weighted by Crippen LogP contribution is -2.42. The molecule has 0 atom stereocenters. The zero-order valence-corrected chi connectivity index (χ0v) is 16.1. The van der Waals surface area contributed by atoms with Gasteiger partial charge in [0.25, 0.3) is 0 Å². The molecule has 0 radical (unpaired) electrons. The Hall–Kier alpha value is -2.56. The molecule has 1 saturated heterocycles. The molecular weight excluding hydrogens is 375 g/mol. The van der Waals surface area contributed by atoms with Crippen LogP contribution in [0.15, 0.2) is 18.2 Å². The van der Waals surface area contributed by atoms with Crippen LogP contribution in [0.5, 0.6) is 11.5 Å². The smallest absolute Gasteiger partial charge is 0.489 e. The van der Waals surface area contributed by atoms with E-state index in [4.69, 9.17) is 15.9 Å². The third-order valence-corrected chi connectivity index (χ3v) is 4.08. The molecule has 8 heteroatoms. The van der Waals surface area contributed by atoms with Gasteiger partial charge in [0.05, 0.1) is 6.61 Å². The van der Waals surface area contributed by atoms with Crippen molar-refractivity contribution < 1.29 is 32.2 Å². The molecule has 1 fully saturated rings. The van der Waals surface area contributed by atoms with Gasteiger partial charge >= 0.3 is 12.5 Å². The minimum atomic E-state index is -4.82. The number of nitrogens with zero attached hydrogens (tertiary/aromatic N) is 1. The number of piperidine rings is 1. The third-order valence-electron chi connectivity index (χ3n) is 4.08. The molecule has 0 spiro atoms. The minimum Gasteiger partial charge on any atom is -0.489 e. The van der Waals surface area contributed by atoms with Gasteiger partial charge < -0.3 is 19.1 Å². The van der Waals surface area contributed by atoms with Crippen molar-refractivity contribution >= 4 is 6.09 Å². The van der Waals surface area contributed by atoms with E-state index in [0.29, 0.717) is 31.5 Å². The Bertz CT molecular complexity index is 726. The number of rotatable bonds is 4. The van der Waals surface area contributed by atoms with E-state index in [2.05, 4.69) is 10.7 Å². The van der Waals surface area contributed by atoms with Gasteiger partial charge in [-0.25, -0.2) is 4.79 Å². The van der Waals surface area contributed by atoms with Gasteiger partial charge in [0.2, 0.25) is 0 Å². The molecule has 5 nitrogen and oxygen atoms in total. The highest BCUT2D eigenvalue weighted by molar-refractivity contribution is 5.68. The number of ether oxygens (including phenoxy) is 3. The van der Waals surface area contributed by atoms with E-state index in [1.54, 1.807) is 25.7 Å². The van der Waals surface area contributed by atoms with E-state index in [-0.39, 0.29) is 24.4 Å². The second-order valence-electron chi connectivity index (χ2n) is 7.58. The number of likely N-dealkylation sites (tertiary alicyclic amines) is 1. The average Bonchev–Trinajstić information content (AvgIpc) is 2.58. The molecule has 1 aromatic rings. The van der Waals surface area contributed by atoms with E-state index in [0.717, 1.165) is 6.07 Å². The summed E-state index contributed by atoms with van der Waals surface area (Å²) in [5, 5.41) is 0. The number of carbonyl (C=O) groups excluding carboxylic acids is 1. The zero-order chi connectivity index (χ0) is 20.9. The largest absolute Gasteiger partial charge is 0.573 e. The first-order valence-corrected chi connectivity index (χ1v) is 8.94. The van der Waals surface area contributed by atoms with Crippen molar-refractivity contribution in [2.45, 2.75) is 45.6 Å². The summed E-state index contributed by atoms with van der Waals surface area (Å²) in [5.74, 6) is 1.96. The first-order chi connectivity index (χ1) is 13.0. The van der Waals surface area contributed by atoms with Crippen LogP contribution in [-0.4, -0.2) is 42.7 Å². The molecule has 1 aromatic carbocycles. The highest BCUT2D eigenvalue weighted by Gasteiger charge is 2.33. The van der Waals surface area contributed by atoms with Gasteiger partial charge in [0.15, 0.2) is 11.5 Å². The van der Waals surface area contributed by atoms with Gasteiger partial charge in [-0.1, -0.05) is 5.92 Å². The number of halogens is 3. The van der Waals surface area contributed by atoms with Gasteiger partial charge in [-0.3, -0.25) is 0 Å². The highest BCUT2D eigenvalue weighted by atomic mass is 19.4. The molecule has 28 heavy (non-hydrogen) atoms. The van der Waals surface area contributed by atoms with E-state index in [1.807, 2.05) is 0 Å². The molecule has 0 aliphatic carbocycles. The fourth-order valence-corrected chi connectivity index (χ4v) is 2.74. The molecule has 1 amide bonds. The summed E-state index contributed by atoms with van der Waals surface area (Å²) >= 11 is 0. The Balaban J connectivity index is 1.93. The van der Waals surface area contributed by atoms with Crippen LogP contribution < -0.4 is 9.47 Å². The van der Waals surface area contributed by atoms with Gasteiger partial charge in [-0.05, 0) is 57.7 Å². The predicted octanol–water partition coefficient (Wildman–Crippen LogP) is 4.59. The predicted molar refractivity (Wildman–Crippen MR) is 97.1 cm³/mol. The molecule has 154 valence electrons. The topological polar surface area (TPSA) is 48.0 Å². The molecular formula is C20H24F3NO4. The SMILES string of the molecule is C#Cc1ccc(OC(F)(F)F)c(OCC2CCN(C(=O)OC(C)(C)C)CC2)c1. The van der Waals surface area contributed by atoms with Crippen molar-refractivity contribution in [3.8, 4) is 23.8 Å². The summed E-state index contributed by atoms with van der Waals surface area (Å²) in [6.07, 6.45) is 1.43. The Labute approximate surface area is 162 Å². The zero-order valence-electron chi connectivity index (χ0n) is 16.1. The van der Waals surface area contributed by atoms with Crippen LogP contribution in [0.2, 0.25) is 0 Å². The van der Waals surface area contributed by atoms with Crippen LogP contribution in [0.25, 0.3) is 0 Å². The molecule has 0 bridgehead atoms. The maximum atomic E-state index is 12.6. The fraction of sp³-hybridized carbons (Fsp3) is 0.550. The maximum Gasteiger partial charge on any atom is 0.573 e. The number of terminal acetylenes is 1. The Morgan fingerprint density at radius 3 is 2.39 bits per heavy atom. The number of hydrogen-bond acceptors (Lipinski definition) is 4. The summed E-state index contributed by atoms with van der Waals surface area (Å²) in [7, 11) is 0. The van der Waals surface area contributed by atoms with E-state index < -0.39 is 17.7 Å². The number of benzene rings is 1. The summed E-state index contributed by atoms with van der Waals surface area (Å²) in [5.41, 5.74) is -0.169. The molecule has 0 aromatic heterocycles. The number of hydrogen-bond donors (Lipinski definition) is 0. The molecule has 0 saturated carbocycles. The molecule has 1 aliphatic rings. The van der Waals surface area contributed by atoms with E-state index in [9.17, 15) is 18.0 Å². The number of carbonyl (C=O) groups is 1. The van der Waals surface area contributed by atoms with Crippen molar-refractivity contribution in [1.82, 2.24) is 4.90 Å². The van der Waals surface area contributed by atoms with Gasteiger partial charge in [0.1, 0.15) is 5.60 Å². The summed E-state index contributed by atoms with van der Waals surface area (Å²) in [4.78, 5) is 13.7. The summed E-state index contributed by atoms with van der Waals surface area (Å²) in [6, 6.07) is 3.84. The first kappa shape index (κ1) is 21.7. The molecule has 0 N–H and O–H groups in total. The first-order valence-electron chi connectivity index (χ1n) is 8.94. The number of alkyl halides is 3. The van der Waals surface area contributed by atoms with Gasteiger partial charge in [-0.2, -0.15) is 0 Å². The van der Waals surface area contributed by atoms with E-state index >= 15 is 0 Å². The van der Waals surface area contributed by atoms with E-state index in [1.165, 1.54) is 12.1 Å². The standard InChI is InChI=1S/C20H24F3NO4/c1-5-14-6-7-16(27-20(21,22)23)17(12-14)26-13-15-8-10-24(11-9-15)18(25)28-19(2,3)4/h1,6-7,12,15H,8-11,13H2,2-4H3. The van der Waals surface area contributed by atoms with Crippen LogP contribution in [0, 0.1) is 18.3 Å². The molecule has 0 unspecified atom stereocenters. The molecule has 2 rings (SSSR count). The van der Waals surface area contributed by atoms with Crippen molar-refractivity contribution in [3.63, 3.8) is 0 Å². The summed E-state index contributed by atoms with van der Waals surface area (Å²) in [6.45, 7) is 6.60. The average molecular weight is 399 g/mol. The fourth-order valence-electron chi connectivity index (χ4n) is 2.74. The van der Waals surface area contributed by atoms with Crippen LogP contribution in [0.4, 0.5) is 18.0 Å². The summed E-state index contributed by atoms with van der Waals surface area (Å²) < 4.78 is 52.6. The highest BCUT2D eigenvalue weighted by Crippen LogP contribution is 2.34. The normalized spacial score (nSPS) is 15.7.